The van der Waals surface area contributed by atoms with Gasteiger partial charge in [0, 0.05) is 18.3 Å². The molecule has 68 valence electrons. The molecule has 1 aliphatic rings. The predicted molar refractivity (Wildman–Crippen MR) is 46.8 cm³/mol. The lowest BCUT2D eigenvalue weighted by atomic mass is 9.97. The van der Waals surface area contributed by atoms with E-state index in [1.807, 2.05) is 0 Å². The molecule has 1 N–H and O–H groups in total. The summed E-state index contributed by atoms with van der Waals surface area (Å²) in [7, 11) is 5.37. The summed E-state index contributed by atoms with van der Waals surface area (Å²) in [6, 6.07) is 0. The van der Waals surface area contributed by atoms with Gasteiger partial charge in [0.2, 0.25) is 5.91 Å². The average molecular weight is 199 g/mol. The number of carbonyl (C=O) groups is 2. The maximum Gasteiger partial charge on any atom is 0.526 e. The molecule has 0 spiro atoms. The summed E-state index contributed by atoms with van der Waals surface area (Å²) in [6.45, 7) is 0. The van der Waals surface area contributed by atoms with Gasteiger partial charge in [0.25, 0.3) is 0 Å². The number of ether oxygens (including phenoxy) is 1. The van der Waals surface area contributed by atoms with Gasteiger partial charge in [-0.05, 0) is 0 Å². The fourth-order valence-electron chi connectivity index (χ4n) is 0.759. The van der Waals surface area contributed by atoms with Gasteiger partial charge >= 0.3 is 6.16 Å². The minimum Gasteiger partial charge on any atom is -0.397 e. The number of hydrogen-bond donors (Lipinski definition) is 1. The number of rotatable bonds is 2. The van der Waals surface area contributed by atoms with E-state index in [1.54, 1.807) is 6.26 Å². The van der Waals surface area contributed by atoms with Crippen LogP contribution in [0, 0.1) is 0 Å². The standard InChI is InChI=1S/C6H6BNO4S/c1-13-12-6(10)11-3-2-4(9)8-5(3)7/h2,5H,1H3,(H,8,9). The van der Waals surface area contributed by atoms with E-state index in [0.717, 1.165) is 18.1 Å². The lowest BCUT2D eigenvalue weighted by Crippen LogP contribution is -2.29. The molecule has 2 radical (unpaired) electrons. The van der Waals surface area contributed by atoms with E-state index < -0.39 is 12.1 Å². The predicted octanol–water partition coefficient (Wildman–Crippen LogP) is -0.0741. The van der Waals surface area contributed by atoms with Gasteiger partial charge < -0.3 is 14.2 Å². The van der Waals surface area contributed by atoms with E-state index in [9.17, 15) is 9.59 Å². The van der Waals surface area contributed by atoms with Gasteiger partial charge in [-0.2, -0.15) is 0 Å². The highest BCUT2D eigenvalue weighted by molar-refractivity contribution is 7.94. The Kier molecular flexibility index (Phi) is 3.24. The van der Waals surface area contributed by atoms with Gasteiger partial charge in [0.1, 0.15) is 13.6 Å². The van der Waals surface area contributed by atoms with Crippen molar-refractivity contribution < 1.29 is 18.5 Å². The highest BCUT2D eigenvalue weighted by atomic mass is 32.2. The van der Waals surface area contributed by atoms with Gasteiger partial charge in [0.15, 0.2) is 0 Å². The minimum absolute atomic E-state index is 0.0593. The number of nitrogens with one attached hydrogen (secondary N) is 1. The van der Waals surface area contributed by atoms with Crippen LogP contribution in [0.25, 0.3) is 0 Å². The second-order valence-corrected chi connectivity index (χ2v) is 2.64. The summed E-state index contributed by atoms with van der Waals surface area (Å²) in [6.07, 6.45) is 1.77. The Balaban J connectivity index is 2.49. The van der Waals surface area contributed by atoms with E-state index in [-0.39, 0.29) is 11.7 Å². The molecule has 0 saturated heterocycles. The third-order valence-corrected chi connectivity index (χ3v) is 1.53. The second-order valence-electron chi connectivity index (χ2n) is 2.14. The first kappa shape index (κ1) is 9.98. The summed E-state index contributed by atoms with van der Waals surface area (Å²) in [5.41, 5.74) is 0. The lowest BCUT2D eigenvalue weighted by Gasteiger charge is -2.08. The van der Waals surface area contributed by atoms with E-state index in [2.05, 4.69) is 14.2 Å². The van der Waals surface area contributed by atoms with Gasteiger partial charge in [-0.25, -0.2) is 4.79 Å². The van der Waals surface area contributed by atoms with Gasteiger partial charge in [-0.3, -0.25) is 4.79 Å². The van der Waals surface area contributed by atoms with Crippen molar-refractivity contribution in [1.82, 2.24) is 5.32 Å². The zero-order valence-electron chi connectivity index (χ0n) is 6.77. The van der Waals surface area contributed by atoms with Crippen molar-refractivity contribution >= 4 is 32.0 Å². The Hall–Kier alpha value is -1.11. The van der Waals surface area contributed by atoms with E-state index in [0.29, 0.717) is 0 Å². The molecule has 7 heteroatoms. The molecular formula is C6H6BNO4S. The van der Waals surface area contributed by atoms with Gasteiger partial charge in [-0.15, -0.1) is 0 Å². The molecule has 0 fully saturated rings. The van der Waals surface area contributed by atoms with Crippen LogP contribution in [0.5, 0.6) is 0 Å². The highest BCUT2D eigenvalue weighted by Gasteiger charge is 2.23. The SMILES string of the molecule is [B]C1NC(=O)C=C1OC(=O)OSC. The van der Waals surface area contributed by atoms with Crippen LogP contribution in [0.2, 0.25) is 0 Å². The van der Waals surface area contributed by atoms with Crippen LogP contribution >= 0.6 is 12.0 Å². The zero-order chi connectivity index (χ0) is 9.84. The van der Waals surface area contributed by atoms with E-state index >= 15 is 0 Å². The average Bonchev–Trinajstić information content (AvgIpc) is 2.30. The van der Waals surface area contributed by atoms with Crippen molar-refractivity contribution in [2.24, 2.45) is 0 Å². The summed E-state index contributed by atoms with van der Waals surface area (Å²) >= 11 is 0.847. The van der Waals surface area contributed by atoms with Crippen LogP contribution in [0.15, 0.2) is 11.8 Å². The molecule has 0 bridgehead atoms. The maximum absolute atomic E-state index is 10.8. The molecule has 5 nitrogen and oxygen atoms in total. The molecule has 13 heavy (non-hydrogen) atoms. The Bertz CT molecular complexity index is 267. The van der Waals surface area contributed by atoms with Crippen LogP contribution in [-0.2, 0) is 13.7 Å². The molecule has 0 saturated carbocycles. The van der Waals surface area contributed by atoms with Crippen molar-refractivity contribution in [2.45, 2.75) is 5.94 Å². The fraction of sp³-hybridized carbons (Fsp3) is 0.333. The first-order chi connectivity index (χ1) is 6.13. The van der Waals surface area contributed by atoms with Gasteiger partial charge in [-0.1, -0.05) is 0 Å². The van der Waals surface area contributed by atoms with Crippen molar-refractivity contribution in [3.05, 3.63) is 11.8 Å². The smallest absolute Gasteiger partial charge is 0.397 e. The third-order valence-electron chi connectivity index (χ3n) is 1.23. The third kappa shape index (κ3) is 2.69. The Morgan fingerprint density at radius 2 is 2.46 bits per heavy atom. The van der Waals surface area contributed by atoms with E-state index in [1.165, 1.54) is 0 Å². The number of amides is 1. The molecule has 1 aliphatic heterocycles. The van der Waals surface area contributed by atoms with Crippen molar-refractivity contribution in [2.75, 3.05) is 6.26 Å². The van der Waals surface area contributed by atoms with Crippen LogP contribution in [0.3, 0.4) is 0 Å². The topological polar surface area (TPSA) is 64.6 Å². The molecule has 1 heterocycles. The normalized spacial score (nSPS) is 20.5. The van der Waals surface area contributed by atoms with Crippen LogP contribution in [-0.4, -0.2) is 32.1 Å². The summed E-state index contributed by atoms with van der Waals surface area (Å²) in [5, 5.41) is 2.32. The fourth-order valence-corrected chi connectivity index (χ4v) is 0.929. The number of hydrogen-bond acceptors (Lipinski definition) is 5. The Morgan fingerprint density at radius 1 is 1.77 bits per heavy atom. The summed E-state index contributed by atoms with van der Waals surface area (Å²) in [4.78, 5) is 21.4. The number of carbonyl (C=O) groups excluding carboxylic acids is 2. The first-order valence-electron chi connectivity index (χ1n) is 3.33. The maximum atomic E-state index is 10.8. The quantitative estimate of drug-likeness (QED) is 0.383. The molecular weight excluding hydrogens is 193 g/mol. The van der Waals surface area contributed by atoms with Crippen LogP contribution < -0.4 is 5.32 Å². The molecule has 1 atom stereocenters. The monoisotopic (exact) mass is 199 g/mol. The summed E-state index contributed by atoms with van der Waals surface area (Å²) in [5.74, 6) is -1.11. The van der Waals surface area contributed by atoms with Gasteiger partial charge in [0.05, 0.1) is 12.0 Å². The van der Waals surface area contributed by atoms with Crippen molar-refractivity contribution in [3.63, 3.8) is 0 Å². The minimum atomic E-state index is -0.898. The van der Waals surface area contributed by atoms with Crippen LogP contribution in [0.4, 0.5) is 4.79 Å². The highest BCUT2D eigenvalue weighted by Crippen LogP contribution is 2.11. The molecule has 0 aromatic heterocycles. The lowest BCUT2D eigenvalue weighted by molar-refractivity contribution is -0.115. The second kappa shape index (κ2) is 4.22. The molecule has 0 aromatic carbocycles. The zero-order valence-corrected chi connectivity index (χ0v) is 7.59. The van der Waals surface area contributed by atoms with Crippen molar-refractivity contribution in [1.29, 1.82) is 0 Å². The molecule has 1 rings (SSSR count). The molecule has 1 amide bonds. The van der Waals surface area contributed by atoms with Crippen LogP contribution in [0.1, 0.15) is 0 Å². The first-order valence-corrected chi connectivity index (χ1v) is 4.48. The summed E-state index contributed by atoms with van der Waals surface area (Å²) < 4.78 is 9.01. The van der Waals surface area contributed by atoms with E-state index in [4.69, 9.17) is 7.85 Å². The molecule has 0 aromatic rings. The molecule has 0 aliphatic carbocycles. The molecule has 1 unspecified atom stereocenters. The largest absolute Gasteiger partial charge is 0.526 e. The Morgan fingerprint density at radius 3 is 2.92 bits per heavy atom. The Labute approximate surface area is 80.5 Å². The van der Waals surface area contributed by atoms with Crippen molar-refractivity contribution in [3.8, 4) is 0 Å².